The molecule has 0 saturated heterocycles. The number of rotatable bonds is 5. The third kappa shape index (κ3) is 3.54. The predicted molar refractivity (Wildman–Crippen MR) is 79.8 cm³/mol. The van der Waals surface area contributed by atoms with E-state index < -0.39 is 5.97 Å². The standard InChI is InChI=1S/C17H18O4/c1-12-7-9-13(10-8-12)11-21-17(18)16-14(19-2)5-4-6-15(16)20-3/h4-10H,11H2,1-3H3. The lowest BCUT2D eigenvalue weighted by Crippen LogP contribution is -2.09. The third-order valence-electron chi connectivity index (χ3n) is 3.12. The van der Waals surface area contributed by atoms with Gasteiger partial charge in [-0.15, -0.1) is 0 Å². The highest BCUT2D eigenvalue weighted by molar-refractivity contribution is 5.95. The number of benzene rings is 2. The molecule has 2 aromatic rings. The van der Waals surface area contributed by atoms with Gasteiger partial charge in [-0.05, 0) is 24.6 Å². The predicted octanol–water partition coefficient (Wildman–Crippen LogP) is 3.37. The number of carbonyl (C=O) groups excluding carboxylic acids is 1. The average molecular weight is 286 g/mol. The molecule has 0 fully saturated rings. The molecule has 0 spiro atoms. The fourth-order valence-electron chi connectivity index (χ4n) is 1.96. The highest BCUT2D eigenvalue weighted by Gasteiger charge is 2.19. The van der Waals surface area contributed by atoms with Crippen LogP contribution in [0.3, 0.4) is 0 Å². The Kier molecular flexibility index (Phi) is 4.82. The fraction of sp³-hybridized carbons (Fsp3) is 0.235. The Morgan fingerprint density at radius 3 is 2.05 bits per heavy atom. The zero-order chi connectivity index (χ0) is 15.2. The minimum atomic E-state index is -0.468. The van der Waals surface area contributed by atoms with Crippen LogP contribution >= 0.6 is 0 Å². The van der Waals surface area contributed by atoms with Crippen molar-refractivity contribution in [3.8, 4) is 11.5 Å². The summed E-state index contributed by atoms with van der Waals surface area (Å²) in [6.45, 7) is 2.22. The second kappa shape index (κ2) is 6.79. The Bertz CT molecular complexity index is 595. The number of hydrogen-bond acceptors (Lipinski definition) is 4. The summed E-state index contributed by atoms with van der Waals surface area (Å²) >= 11 is 0. The van der Waals surface area contributed by atoms with Gasteiger partial charge in [-0.25, -0.2) is 4.79 Å². The number of carbonyl (C=O) groups is 1. The lowest BCUT2D eigenvalue weighted by atomic mass is 10.1. The number of ether oxygens (including phenoxy) is 3. The highest BCUT2D eigenvalue weighted by Crippen LogP contribution is 2.29. The van der Waals surface area contributed by atoms with E-state index in [1.54, 1.807) is 18.2 Å². The van der Waals surface area contributed by atoms with Crippen LogP contribution in [0.2, 0.25) is 0 Å². The molecule has 0 aliphatic heterocycles. The van der Waals surface area contributed by atoms with Gasteiger partial charge in [0.25, 0.3) is 0 Å². The fourth-order valence-corrected chi connectivity index (χ4v) is 1.96. The van der Waals surface area contributed by atoms with Crippen LogP contribution in [0.15, 0.2) is 42.5 Å². The number of aryl methyl sites for hydroxylation is 1. The molecule has 0 bridgehead atoms. The summed E-state index contributed by atoms with van der Waals surface area (Å²) in [7, 11) is 3.01. The van der Waals surface area contributed by atoms with Gasteiger partial charge < -0.3 is 14.2 Å². The minimum Gasteiger partial charge on any atom is -0.496 e. The molecule has 0 amide bonds. The van der Waals surface area contributed by atoms with Gasteiger partial charge in [0.1, 0.15) is 23.7 Å². The van der Waals surface area contributed by atoms with Crippen LogP contribution in [0, 0.1) is 6.92 Å². The Hall–Kier alpha value is -2.49. The van der Waals surface area contributed by atoms with Crippen LogP contribution in [-0.4, -0.2) is 20.2 Å². The molecule has 0 saturated carbocycles. The van der Waals surface area contributed by atoms with Crippen molar-refractivity contribution in [1.82, 2.24) is 0 Å². The summed E-state index contributed by atoms with van der Waals surface area (Å²) in [5, 5.41) is 0. The van der Waals surface area contributed by atoms with E-state index in [1.165, 1.54) is 14.2 Å². The first-order valence-corrected chi connectivity index (χ1v) is 6.59. The van der Waals surface area contributed by atoms with Crippen LogP contribution in [0.4, 0.5) is 0 Å². The summed E-state index contributed by atoms with van der Waals surface area (Å²) in [6, 6.07) is 13.0. The summed E-state index contributed by atoms with van der Waals surface area (Å²) in [4.78, 5) is 12.3. The Labute approximate surface area is 124 Å². The van der Waals surface area contributed by atoms with Gasteiger partial charge in [0.05, 0.1) is 14.2 Å². The first kappa shape index (κ1) is 14.9. The minimum absolute atomic E-state index is 0.209. The van der Waals surface area contributed by atoms with Gasteiger partial charge in [-0.2, -0.15) is 0 Å². The van der Waals surface area contributed by atoms with Gasteiger partial charge in [-0.3, -0.25) is 0 Å². The average Bonchev–Trinajstić information content (AvgIpc) is 2.53. The number of esters is 1. The largest absolute Gasteiger partial charge is 0.496 e. The van der Waals surface area contributed by atoms with Gasteiger partial charge >= 0.3 is 5.97 Å². The van der Waals surface area contributed by atoms with Crippen LogP contribution < -0.4 is 9.47 Å². The molecule has 0 atom stereocenters. The molecule has 2 rings (SSSR count). The van der Waals surface area contributed by atoms with Gasteiger partial charge in [0.15, 0.2) is 0 Å². The van der Waals surface area contributed by atoms with E-state index in [-0.39, 0.29) is 6.61 Å². The topological polar surface area (TPSA) is 44.8 Å². The summed E-state index contributed by atoms with van der Waals surface area (Å²) < 4.78 is 15.7. The van der Waals surface area contributed by atoms with E-state index in [0.29, 0.717) is 17.1 Å². The first-order chi connectivity index (χ1) is 10.2. The molecule has 0 unspecified atom stereocenters. The molecule has 0 radical (unpaired) electrons. The second-order valence-corrected chi connectivity index (χ2v) is 4.60. The summed E-state index contributed by atoms with van der Waals surface area (Å²) in [5.41, 5.74) is 2.40. The number of hydrogen-bond donors (Lipinski definition) is 0. The number of methoxy groups -OCH3 is 2. The van der Waals surface area contributed by atoms with Crippen molar-refractivity contribution >= 4 is 5.97 Å². The molecular formula is C17H18O4. The lowest BCUT2D eigenvalue weighted by molar-refractivity contribution is 0.0465. The maximum Gasteiger partial charge on any atom is 0.346 e. The molecule has 0 heterocycles. The zero-order valence-electron chi connectivity index (χ0n) is 12.4. The summed E-state index contributed by atoms with van der Waals surface area (Å²) in [6.07, 6.45) is 0. The van der Waals surface area contributed by atoms with Gasteiger partial charge in [0.2, 0.25) is 0 Å². The van der Waals surface area contributed by atoms with Gasteiger partial charge in [0, 0.05) is 0 Å². The lowest BCUT2D eigenvalue weighted by Gasteiger charge is -2.12. The first-order valence-electron chi connectivity index (χ1n) is 6.59. The van der Waals surface area contributed by atoms with E-state index in [9.17, 15) is 4.79 Å². The molecule has 0 aromatic heterocycles. The maximum absolute atomic E-state index is 12.3. The zero-order valence-corrected chi connectivity index (χ0v) is 12.4. The van der Waals surface area contributed by atoms with Crippen LogP contribution in [0.5, 0.6) is 11.5 Å². The smallest absolute Gasteiger partial charge is 0.346 e. The van der Waals surface area contributed by atoms with Crippen molar-refractivity contribution in [3.63, 3.8) is 0 Å². The monoisotopic (exact) mass is 286 g/mol. The molecule has 110 valence electrons. The maximum atomic E-state index is 12.3. The van der Waals surface area contributed by atoms with Crippen LogP contribution in [0.25, 0.3) is 0 Å². The van der Waals surface area contributed by atoms with E-state index in [0.717, 1.165) is 11.1 Å². The van der Waals surface area contributed by atoms with Crippen molar-refractivity contribution < 1.29 is 19.0 Å². The van der Waals surface area contributed by atoms with Crippen molar-refractivity contribution in [2.24, 2.45) is 0 Å². The Balaban J connectivity index is 2.15. The quantitative estimate of drug-likeness (QED) is 0.790. The normalized spacial score (nSPS) is 10.0. The Morgan fingerprint density at radius 1 is 0.952 bits per heavy atom. The van der Waals surface area contributed by atoms with Crippen molar-refractivity contribution in [2.45, 2.75) is 13.5 Å². The van der Waals surface area contributed by atoms with Crippen molar-refractivity contribution in [1.29, 1.82) is 0 Å². The molecule has 2 aromatic carbocycles. The van der Waals surface area contributed by atoms with Crippen molar-refractivity contribution in [3.05, 3.63) is 59.2 Å². The van der Waals surface area contributed by atoms with Gasteiger partial charge in [-0.1, -0.05) is 35.9 Å². The van der Waals surface area contributed by atoms with E-state index in [1.807, 2.05) is 31.2 Å². The third-order valence-corrected chi connectivity index (χ3v) is 3.12. The summed E-state index contributed by atoms with van der Waals surface area (Å²) in [5.74, 6) is 0.399. The molecule has 21 heavy (non-hydrogen) atoms. The highest BCUT2D eigenvalue weighted by atomic mass is 16.5. The molecule has 0 N–H and O–H groups in total. The molecule has 4 nitrogen and oxygen atoms in total. The Morgan fingerprint density at radius 2 is 1.52 bits per heavy atom. The van der Waals surface area contributed by atoms with Crippen LogP contribution in [-0.2, 0) is 11.3 Å². The van der Waals surface area contributed by atoms with E-state index >= 15 is 0 Å². The second-order valence-electron chi connectivity index (χ2n) is 4.60. The SMILES string of the molecule is COc1cccc(OC)c1C(=O)OCc1ccc(C)cc1. The molecule has 0 aliphatic carbocycles. The van der Waals surface area contributed by atoms with E-state index in [2.05, 4.69) is 0 Å². The van der Waals surface area contributed by atoms with E-state index in [4.69, 9.17) is 14.2 Å². The van der Waals surface area contributed by atoms with Crippen LogP contribution in [0.1, 0.15) is 21.5 Å². The molecule has 4 heteroatoms. The molecular weight excluding hydrogens is 268 g/mol. The molecule has 0 aliphatic rings. The van der Waals surface area contributed by atoms with Crippen molar-refractivity contribution in [2.75, 3.05) is 14.2 Å².